The lowest BCUT2D eigenvalue weighted by Gasteiger charge is -2.44. The van der Waals surface area contributed by atoms with Gasteiger partial charge in [0.15, 0.2) is 5.76 Å². The molecule has 4 nitrogen and oxygen atoms in total. The fourth-order valence-corrected chi connectivity index (χ4v) is 3.27. The molecule has 1 aromatic rings. The lowest BCUT2D eigenvalue weighted by molar-refractivity contribution is -0.0102. The van der Waals surface area contributed by atoms with Crippen LogP contribution in [0.2, 0.25) is 0 Å². The Labute approximate surface area is 126 Å². The third kappa shape index (κ3) is 3.06. The summed E-state index contributed by atoms with van der Waals surface area (Å²) in [6.07, 6.45) is 4.21. The Morgan fingerprint density at radius 2 is 2.14 bits per heavy atom. The average Bonchev–Trinajstić information content (AvgIpc) is 3.03. The van der Waals surface area contributed by atoms with Crippen LogP contribution in [0.25, 0.3) is 0 Å². The molecule has 2 heterocycles. The molecule has 0 amide bonds. The molecule has 114 valence electrons. The van der Waals surface area contributed by atoms with Crippen molar-refractivity contribution in [3.05, 3.63) is 47.9 Å². The predicted molar refractivity (Wildman–Crippen MR) is 80.5 cm³/mol. The molecule has 1 saturated heterocycles. The van der Waals surface area contributed by atoms with Crippen molar-refractivity contribution in [3.63, 3.8) is 0 Å². The third-order valence-corrected chi connectivity index (χ3v) is 4.49. The molecule has 0 aromatic heterocycles. The molecule has 2 aliphatic heterocycles. The third-order valence-electron chi connectivity index (χ3n) is 4.49. The van der Waals surface area contributed by atoms with Gasteiger partial charge in [-0.15, -0.1) is 0 Å². The summed E-state index contributed by atoms with van der Waals surface area (Å²) in [4.78, 5) is 2.33. The molecule has 0 saturated carbocycles. The molecule has 2 atom stereocenters. The van der Waals surface area contributed by atoms with Gasteiger partial charge in [-0.2, -0.15) is 0 Å². The van der Waals surface area contributed by atoms with Crippen molar-refractivity contribution in [2.45, 2.75) is 37.8 Å². The van der Waals surface area contributed by atoms with E-state index in [1.165, 1.54) is 5.56 Å². The molecule has 0 aliphatic carbocycles. The van der Waals surface area contributed by atoms with Gasteiger partial charge >= 0.3 is 0 Å². The van der Waals surface area contributed by atoms with Crippen molar-refractivity contribution in [1.82, 2.24) is 4.90 Å². The zero-order valence-electron chi connectivity index (χ0n) is 12.5. The lowest BCUT2D eigenvalue weighted by Crippen LogP contribution is -2.54. The van der Waals surface area contributed by atoms with Gasteiger partial charge in [0.25, 0.3) is 0 Å². The number of likely N-dealkylation sites (tertiary alicyclic amines) is 1. The largest absolute Gasteiger partial charge is 0.462 e. The maximum Gasteiger partial charge on any atom is 0.229 e. The zero-order chi connectivity index (χ0) is 14.7. The highest BCUT2D eigenvalue weighted by molar-refractivity contribution is 5.24. The smallest absolute Gasteiger partial charge is 0.229 e. The summed E-state index contributed by atoms with van der Waals surface area (Å²) in [5, 5.41) is 10.0. The molecule has 1 N–H and O–H groups in total. The number of aliphatic hydroxyl groups is 1. The molecule has 1 aromatic carbocycles. The first-order chi connectivity index (χ1) is 10.2. The quantitative estimate of drug-likeness (QED) is 0.923. The van der Waals surface area contributed by atoms with Gasteiger partial charge in [0.2, 0.25) is 6.79 Å². The van der Waals surface area contributed by atoms with Gasteiger partial charge in [0, 0.05) is 6.54 Å². The molecule has 0 spiro atoms. The fourth-order valence-electron chi connectivity index (χ4n) is 3.27. The highest BCUT2D eigenvalue weighted by Gasteiger charge is 2.41. The normalized spacial score (nSPS) is 25.6. The van der Waals surface area contributed by atoms with Crippen LogP contribution in [0.3, 0.4) is 0 Å². The van der Waals surface area contributed by atoms with Crippen molar-refractivity contribution in [3.8, 4) is 0 Å². The molecule has 2 aliphatic rings. The minimum Gasteiger partial charge on any atom is -0.462 e. The second kappa shape index (κ2) is 6.08. The van der Waals surface area contributed by atoms with E-state index in [-0.39, 0.29) is 18.4 Å². The van der Waals surface area contributed by atoms with Crippen molar-refractivity contribution in [2.75, 3.05) is 19.9 Å². The van der Waals surface area contributed by atoms with E-state index in [9.17, 15) is 5.11 Å². The van der Waals surface area contributed by atoms with E-state index >= 15 is 0 Å². The van der Waals surface area contributed by atoms with E-state index in [1.54, 1.807) is 6.26 Å². The van der Waals surface area contributed by atoms with E-state index in [0.717, 1.165) is 31.6 Å². The van der Waals surface area contributed by atoms with Gasteiger partial charge < -0.3 is 14.6 Å². The van der Waals surface area contributed by atoms with Gasteiger partial charge in [-0.1, -0.05) is 30.3 Å². The Hall–Kier alpha value is -1.52. The Morgan fingerprint density at radius 3 is 2.81 bits per heavy atom. The highest BCUT2D eigenvalue weighted by atomic mass is 16.7. The summed E-state index contributed by atoms with van der Waals surface area (Å²) in [6, 6.07) is 10.4. The van der Waals surface area contributed by atoms with E-state index in [2.05, 4.69) is 36.1 Å². The number of piperidine rings is 1. The monoisotopic (exact) mass is 289 g/mol. The molecule has 3 rings (SSSR count). The second-order valence-corrected chi connectivity index (χ2v) is 6.09. The van der Waals surface area contributed by atoms with Crippen molar-refractivity contribution >= 4 is 0 Å². The lowest BCUT2D eigenvalue weighted by atomic mass is 9.87. The van der Waals surface area contributed by atoms with Crippen molar-refractivity contribution < 1.29 is 14.6 Å². The standard InChI is InChI=1S/C17H23NO3/c1-17(16-12-20-13-21-16,10-14-6-3-2-4-7-14)18-9-5-8-15(19)11-18/h2-4,6-7,12,15,19H,5,8-11,13H2,1H3. The first-order valence-electron chi connectivity index (χ1n) is 7.60. The maximum absolute atomic E-state index is 10.0. The van der Waals surface area contributed by atoms with Crippen LogP contribution < -0.4 is 0 Å². The molecular formula is C17H23NO3. The van der Waals surface area contributed by atoms with Gasteiger partial charge in [-0.25, -0.2) is 0 Å². The van der Waals surface area contributed by atoms with Crippen molar-refractivity contribution in [2.24, 2.45) is 0 Å². The topological polar surface area (TPSA) is 41.9 Å². The summed E-state index contributed by atoms with van der Waals surface area (Å²) >= 11 is 0. The molecule has 1 fully saturated rings. The van der Waals surface area contributed by atoms with Crippen LogP contribution in [-0.4, -0.2) is 41.5 Å². The molecule has 0 radical (unpaired) electrons. The van der Waals surface area contributed by atoms with Gasteiger partial charge in [0.1, 0.15) is 6.26 Å². The van der Waals surface area contributed by atoms with Crippen LogP contribution >= 0.6 is 0 Å². The number of β-amino-alcohol motifs (C(OH)–C–C–N with tert-alkyl or cyclic N) is 1. The van der Waals surface area contributed by atoms with Crippen molar-refractivity contribution in [1.29, 1.82) is 0 Å². The number of hydrogen-bond acceptors (Lipinski definition) is 4. The van der Waals surface area contributed by atoms with Crippen LogP contribution in [0.15, 0.2) is 42.4 Å². The van der Waals surface area contributed by atoms with Gasteiger partial charge in [-0.3, -0.25) is 4.90 Å². The maximum atomic E-state index is 10.0. The Balaban J connectivity index is 1.87. The molecule has 4 heteroatoms. The van der Waals surface area contributed by atoms with E-state index in [1.807, 2.05) is 6.07 Å². The Morgan fingerprint density at radius 1 is 1.33 bits per heavy atom. The van der Waals surface area contributed by atoms with Crippen LogP contribution in [0, 0.1) is 0 Å². The second-order valence-electron chi connectivity index (χ2n) is 6.09. The number of nitrogens with zero attached hydrogens (tertiary/aromatic N) is 1. The van der Waals surface area contributed by atoms with Gasteiger partial charge in [-0.05, 0) is 38.3 Å². The van der Waals surface area contributed by atoms with E-state index in [0.29, 0.717) is 6.54 Å². The highest BCUT2D eigenvalue weighted by Crippen LogP contribution is 2.34. The number of rotatable bonds is 4. The summed E-state index contributed by atoms with van der Waals surface area (Å²) < 4.78 is 11.0. The SMILES string of the molecule is CC(Cc1ccccc1)(C1=COCO1)N1CCCC(O)C1. The molecule has 2 unspecified atom stereocenters. The van der Waals surface area contributed by atoms with E-state index in [4.69, 9.17) is 9.47 Å². The summed E-state index contributed by atoms with van der Waals surface area (Å²) in [5.74, 6) is 0.862. The fraction of sp³-hybridized carbons (Fsp3) is 0.529. The average molecular weight is 289 g/mol. The van der Waals surface area contributed by atoms with Gasteiger partial charge in [0.05, 0.1) is 11.6 Å². The minimum absolute atomic E-state index is 0.253. The van der Waals surface area contributed by atoms with Crippen LogP contribution in [0.1, 0.15) is 25.3 Å². The number of hydrogen-bond donors (Lipinski definition) is 1. The van der Waals surface area contributed by atoms with Crippen LogP contribution in [-0.2, 0) is 15.9 Å². The summed E-state index contributed by atoms with van der Waals surface area (Å²) in [5.41, 5.74) is 0.982. The van der Waals surface area contributed by atoms with Crippen LogP contribution in [0.5, 0.6) is 0 Å². The zero-order valence-corrected chi connectivity index (χ0v) is 12.5. The van der Waals surface area contributed by atoms with Crippen LogP contribution in [0.4, 0.5) is 0 Å². The van der Waals surface area contributed by atoms with E-state index < -0.39 is 0 Å². The minimum atomic E-state index is -0.279. The predicted octanol–water partition coefficient (Wildman–Crippen LogP) is 2.29. The Kier molecular flexibility index (Phi) is 4.17. The Bertz CT molecular complexity index is 502. The number of aliphatic hydroxyl groups excluding tert-OH is 1. The molecule has 21 heavy (non-hydrogen) atoms. The summed E-state index contributed by atoms with van der Waals surface area (Å²) in [7, 11) is 0. The molecular weight excluding hydrogens is 266 g/mol. The molecule has 0 bridgehead atoms. The summed E-state index contributed by atoms with van der Waals surface area (Å²) in [6.45, 7) is 4.12. The first-order valence-corrected chi connectivity index (χ1v) is 7.60. The number of benzene rings is 1. The first kappa shape index (κ1) is 14.4. The number of ether oxygens (including phenoxy) is 2.